The number of ether oxygens (including phenoxy) is 2. The van der Waals surface area contributed by atoms with Crippen LogP contribution in [-0.2, 0) is 32.7 Å². The van der Waals surface area contributed by atoms with E-state index in [1.165, 1.54) is 57.8 Å². The van der Waals surface area contributed by atoms with Gasteiger partial charge in [0.1, 0.15) is 6.61 Å². The van der Waals surface area contributed by atoms with Gasteiger partial charge < -0.3 is 20.1 Å². The minimum absolute atomic E-state index is 0.0525. The second kappa shape index (κ2) is 29.6. The summed E-state index contributed by atoms with van der Waals surface area (Å²) >= 11 is 0. The third-order valence-electron chi connectivity index (χ3n) is 6.59. The monoisotopic (exact) mass is 617 g/mol. The molecular formula is C32H60NO8P. The smallest absolute Gasteiger partial charge is 0.462 e. The van der Waals surface area contributed by atoms with E-state index in [-0.39, 0.29) is 32.6 Å². The van der Waals surface area contributed by atoms with Crippen LogP contribution in [0.2, 0.25) is 0 Å². The molecule has 0 saturated heterocycles. The van der Waals surface area contributed by atoms with E-state index < -0.39 is 32.5 Å². The summed E-state index contributed by atoms with van der Waals surface area (Å²) in [6, 6.07) is 0. The molecule has 3 N–H and O–H groups in total. The summed E-state index contributed by atoms with van der Waals surface area (Å²) in [5.41, 5.74) is 5.28. The predicted octanol–water partition coefficient (Wildman–Crippen LogP) is 8.10. The molecule has 0 aromatic rings. The van der Waals surface area contributed by atoms with Gasteiger partial charge >= 0.3 is 19.8 Å². The van der Waals surface area contributed by atoms with Crippen molar-refractivity contribution in [3.63, 3.8) is 0 Å². The number of phosphoric ester groups is 1. The highest BCUT2D eigenvalue weighted by Crippen LogP contribution is 2.43. The molecule has 0 amide bonds. The molecule has 9 nitrogen and oxygen atoms in total. The molecule has 0 bridgehead atoms. The molecule has 0 saturated carbocycles. The normalized spacial score (nSPS) is 13.9. The molecule has 0 aromatic heterocycles. The molecule has 246 valence electrons. The van der Waals surface area contributed by atoms with Crippen molar-refractivity contribution < 1.29 is 37.6 Å². The van der Waals surface area contributed by atoms with Crippen molar-refractivity contribution in [1.29, 1.82) is 0 Å². The lowest BCUT2D eigenvalue weighted by Crippen LogP contribution is -2.29. The van der Waals surface area contributed by atoms with Crippen molar-refractivity contribution in [2.75, 3.05) is 26.4 Å². The Bertz CT molecular complexity index is 759. The number of phosphoric acid groups is 1. The number of rotatable bonds is 30. The van der Waals surface area contributed by atoms with Gasteiger partial charge in [0.15, 0.2) is 6.10 Å². The van der Waals surface area contributed by atoms with Gasteiger partial charge in [0.25, 0.3) is 0 Å². The van der Waals surface area contributed by atoms with Crippen LogP contribution in [0.3, 0.4) is 0 Å². The Balaban J connectivity index is 3.98. The van der Waals surface area contributed by atoms with Crippen LogP contribution in [0.15, 0.2) is 24.3 Å². The number of carbonyl (C=O) groups excluding carboxylic acids is 2. The van der Waals surface area contributed by atoms with E-state index >= 15 is 0 Å². The van der Waals surface area contributed by atoms with Crippen LogP contribution in [0.4, 0.5) is 0 Å². The highest BCUT2D eigenvalue weighted by Gasteiger charge is 2.25. The Labute approximate surface area is 255 Å². The number of hydrogen-bond acceptors (Lipinski definition) is 8. The van der Waals surface area contributed by atoms with E-state index in [4.69, 9.17) is 24.3 Å². The number of esters is 2. The van der Waals surface area contributed by atoms with Crippen LogP contribution in [0.25, 0.3) is 0 Å². The van der Waals surface area contributed by atoms with Gasteiger partial charge in [-0.2, -0.15) is 0 Å². The van der Waals surface area contributed by atoms with E-state index in [0.29, 0.717) is 12.8 Å². The molecule has 0 aliphatic rings. The Morgan fingerprint density at radius 1 is 0.714 bits per heavy atom. The number of allylic oxidation sites excluding steroid dienone is 4. The summed E-state index contributed by atoms with van der Waals surface area (Å²) in [5, 5.41) is 0. The molecule has 0 heterocycles. The first-order valence-electron chi connectivity index (χ1n) is 16.3. The molecule has 0 aromatic carbocycles. The fourth-order valence-corrected chi connectivity index (χ4v) is 4.88. The third kappa shape index (κ3) is 28.6. The molecule has 0 radical (unpaired) electrons. The van der Waals surface area contributed by atoms with E-state index in [2.05, 4.69) is 31.2 Å². The molecule has 2 atom stereocenters. The first-order valence-corrected chi connectivity index (χ1v) is 17.8. The van der Waals surface area contributed by atoms with E-state index in [1.807, 2.05) is 6.92 Å². The highest BCUT2D eigenvalue weighted by molar-refractivity contribution is 7.47. The maximum atomic E-state index is 12.3. The molecule has 0 aliphatic heterocycles. The Kier molecular flexibility index (Phi) is 28.5. The van der Waals surface area contributed by atoms with Gasteiger partial charge in [0, 0.05) is 19.4 Å². The molecule has 0 fully saturated rings. The Morgan fingerprint density at radius 2 is 1.26 bits per heavy atom. The molecule has 0 aliphatic carbocycles. The largest absolute Gasteiger partial charge is 0.472 e. The second-order valence-electron chi connectivity index (χ2n) is 10.7. The maximum absolute atomic E-state index is 12.3. The number of unbranched alkanes of at least 4 members (excludes halogenated alkanes) is 13. The minimum Gasteiger partial charge on any atom is -0.462 e. The van der Waals surface area contributed by atoms with Crippen molar-refractivity contribution in [2.45, 2.75) is 142 Å². The zero-order valence-electron chi connectivity index (χ0n) is 26.5. The summed E-state index contributed by atoms with van der Waals surface area (Å²) in [7, 11) is -4.35. The van der Waals surface area contributed by atoms with Crippen LogP contribution in [0, 0.1) is 0 Å². The van der Waals surface area contributed by atoms with Gasteiger partial charge in [0.2, 0.25) is 0 Å². The fourth-order valence-electron chi connectivity index (χ4n) is 4.11. The van der Waals surface area contributed by atoms with Crippen molar-refractivity contribution >= 4 is 19.8 Å². The summed E-state index contributed by atoms with van der Waals surface area (Å²) < 4.78 is 32.1. The number of nitrogens with two attached hydrogens (primary N) is 1. The first-order chi connectivity index (χ1) is 20.3. The lowest BCUT2D eigenvalue weighted by molar-refractivity contribution is -0.161. The van der Waals surface area contributed by atoms with E-state index in [9.17, 15) is 19.0 Å². The topological polar surface area (TPSA) is 134 Å². The van der Waals surface area contributed by atoms with Crippen LogP contribution in [0.1, 0.15) is 136 Å². The Hall–Kier alpha value is -1.51. The number of carbonyl (C=O) groups is 2. The quantitative estimate of drug-likeness (QED) is 0.0355. The summed E-state index contributed by atoms with van der Waals surface area (Å²) in [6.45, 7) is 3.41. The number of hydrogen-bond donors (Lipinski definition) is 2. The Morgan fingerprint density at radius 3 is 1.86 bits per heavy atom. The summed E-state index contributed by atoms with van der Waals surface area (Å²) in [6.07, 6.45) is 27.6. The molecule has 10 heteroatoms. The van der Waals surface area contributed by atoms with Gasteiger partial charge in [0.05, 0.1) is 13.2 Å². The van der Waals surface area contributed by atoms with Crippen molar-refractivity contribution in [1.82, 2.24) is 0 Å². The zero-order valence-corrected chi connectivity index (χ0v) is 27.4. The van der Waals surface area contributed by atoms with Gasteiger partial charge in [-0.25, -0.2) is 4.57 Å². The minimum atomic E-state index is -4.35. The lowest BCUT2D eigenvalue weighted by Gasteiger charge is -2.19. The highest BCUT2D eigenvalue weighted by atomic mass is 31.2. The second-order valence-corrected chi connectivity index (χ2v) is 12.1. The fraction of sp³-hybridized carbons (Fsp3) is 0.812. The van der Waals surface area contributed by atoms with E-state index in [0.717, 1.165) is 38.5 Å². The summed E-state index contributed by atoms with van der Waals surface area (Å²) in [5.74, 6) is -0.876. The molecular weight excluding hydrogens is 557 g/mol. The summed E-state index contributed by atoms with van der Waals surface area (Å²) in [4.78, 5) is 33.9. The standard InChI is InChI=1S/C32H60NO8P/c1-3-5-7-8-9-10-11-12-13-14-15-16-17-18-19-20-21-22-23-25-32(35)41-30(28-38-31(34)24-6-4-2)29-40-42(36,37)39-27-26-33/h9-10,12-13,30H,3-8,11,14-29,33H2,1-2H3,(H,36,37)/b10-9-,13-12-. The average Bonchev–Trinajstić information content (AvgIpc) is 2.97. The molecule has 0 spiro atoms. The molecule has 0 rings (SSSR count). The van der Waals surface area contributed by atoms with E-state index in [1.54, 1.807) is 0 Å². The van der Waals surface area contributed by atoms with Crippen LogP contribution in [0.5, 0.6) is 0 Å². The molecule has 42 heavy (non-hydrogen) atoms. The first kappa shape index (κ1) is 40.5. The van der Waals surface area contributed by atoms with Gasteiger partial charge in [-0.1, -0.05) is 102 Å². The zero-order chi connectivity index (χ0) is 31.2. The van der Waals surface area contributed by atoms with Crippen molar-refractivity contribution in [3.8, 4) is 0 Å². The SMILES string of the molecule is CCCCC/C=C\C/C=C\CCCCCCCCCCCC(=O)OC(COC(=O)CCCC)COP(=O)(O)OCCN. The average molecular weight is 618 g/mol. The van der Waals surface area contributed by atoms with Crippen LogP contribution >= 0.6 is 7.82 Å². The van der Waals surface area contributed by atoms with Gasteiger partial charge in [-0.3, -0.25) is 18.6 Å². The van der Waals surface area contributed by atoms with Crippen molar-refractivity contribution in [2.24, 2.45) is 5.73 Å². The van der Waals surface area contributed by atoms with Gasteiger partial charge in [-0.15, -0.1) is 0 Å². The predicted molar refractivity (Wildman–Crippen MR) is 169 cm³/mol. The van der Waals surface area contributed by atoms with Crippen molar-refractivity contribution in [3.05, 3.63) is 24.3 Å². The van der Waals surface area contributed by atoms with Crippen LogP contribution in [-0.4, -0.2) is 49.3 Å². The molecule has 2 unspecified atom stereocenters. The maximum Gasteiger partial charge on any atom is 0.472 e. The van der Waals surface area contributed by atoms with Crippen LogP contribution < -0.4 is 5.73 Å². The lowest BCUT2D eigenvalue weighted by atomic mass is 10.1. The van der Waals surface area contributed by atoms with Gasteiger partial charge in [-0.05, 0) is 44.9 Å². The third-order valence-corrected chi connectivity index (χ3v) is 7.57.